The average molecular weight is 396 g/mol. The minimum Gasteiger partial charge on any atom is -0.383 e. The van der Waals surface area contributed by atoms with Gasteiger partial charge < -0.3 is 15.2 Å². The first kappa shape index (κ1) is 18.1. The number of para-hydroxylation sites is 1. The number of nitrogens with zero attached hydrogens (tertiary/aromatic N) is 5. The number of amides is 1. The molecule has 30 heavy (non-hydrogen) atoms. The molecule has 0 saturated heterocycles. The van der Waals surface area contributed by atoms with E-state index in [2.05, 4.69) is 38.7 Å². The van der Waals surface area contributed by atoms with Crippen molar-refractivity contribution in [3.8, 4) is 11.1 Å². The molecule has 1 aliphatic heterocycles. The molecule has 7 nitrogen and oxygen atoms in total. The van der Waals surface area contributed by atoms with Crippen LogP contribution in [-0.4, -0.2) is 43.4 Å². The van der Waals surface area contributed by atoms with Gasteiger partial charge in [0, 0.05) is 36.3 Å². The Bertz CT molecular complexity index is 1370. The summed E-state index contributed by atoms with van der Waals surface area (Å²) in [5.74, 6) is 0.254. The molecule has 4 heterocycles. The molecule has 4 aromatic rings. The van der Waals surface area contributed by atoms with Crippen LogP contribution in [0.2, 0.25) is 0 Å². The van der Waals surface area contributed by atoms with Crippen LogP contribution >= 0.6 is 0 Å². The molecule has 7 heteroatoms. The van der Waals surface area contributed by atoms with Crippen LogP contribution in [0.1, 0.15) is 5.69 Å². The summed E-state index contributed by atoms with van der Waals surface area (Å²) in [7, 11) is 1.76. The van der Waals surface area contributed by atoms with Gasteiger partial charge in [0.2, 0.25) is 5.91 Å². The number of likely N-dealkylation sites (N-methyl/N-ethyl adjacent to an activating group) is 1. The first-order valence-electron chi connectivity index (χ1n) is 9.57. The van der Waals surface area contributed by atoms with Crippen LogP contribution in [0, 0.1) is 0 Å². The highest BCUT2D eigenvalue weighted by molar-refractivity contribution is 6.08. The van der Waals surface area contributed by atoms with Crippen LogP contribution < -0.4 is 5.73 Å². The lowest BCUT2D eigenvalue weighted by Crippen LogP contribution is -2.36. The highest BCUT2D eigenvalue weighted by atomic mass is 16.2. The van der Waals surface area contributed by atoms with E-state index in [1.807, 2.05) is 30.5 Å². The van der Waals surface area contributed by atoms with E-state index in [0.717, 1.165) is 44.3 Å². The molecule has 5 rings (SSSR count). The third-order valence-corrected chi connectivity index (χ3v) is 5.80. The predicted molar refractivity (Wildman–Crippen MR) is 118 cm³/mol. The number of nitrogens with two attached hydrogens (primary N) is 1. The second kappa shape index (κ2) is 6.52. The molecule has 3 aromatic heterocycles. The topological polar surface area (TPSA) is 89.9 Å². The fraction of sp³-hybridized carbons (Fsp3) is 0.130. The van der Waals surface area contributed by atoms with Crippen molar-refractivity contribution in [3.05, 3.63) is 67.8 Å². The molecule has 0 bridgehead atoms. The Balaban J connectivity index is 1.77. The number of nitrogen functional groups attached to an aromatic ring is 1. The van der Waals surface area contributed by atoms with Gasteiger partial charge in [-0.2, -0.15) is 0 Å². The van der Waals surface area contributed by atoms with Crippen molar-refractivity contribution in [3.63, 3.8) is 0 Å². The molecule has 0 fully saturated rings. The molecule has 2 N–H and O–H groups in total. The zero-order chi connectivity index (χ0) is 21.0. The maximum atomic E-state index is 12.2. The van der Waals surface area contributed by atoms with E-state index in [-0.39, 0.29) is 11.9 Å². The van der Waals surface area contributed by atoms with Gasteiger partial charge in [0.05, 0.1) is 22.6 Å². The number of hydrogen-bond donors (Lipinski definition) is 1. The van der Waals surface area contributed by atoms with Gasteiger partial charge in [-0.15, -0.1) is 0 Å². The molecule has 0 saturated carbocycles. The van der Waals surface area contributed by atoms with Gasteiger partial charge in [0.1, 0.15) is 17.8 Å². The fourth-order valence-corrected chi connectivity index (χ4v) is 4.29. The van der Waals surface area contributed by atoms with Gasteiger partial charge in [-0.3, -0.25) is 9.78 Å². The van der Waals surface area contributed by atoms with E-state index >= 15 is 0 Å². The molecule has 0 unspecified atom stereocenters. The monoisotopic (exact) mass is 396 g/mol. The van der Waals surface area contributed by atoms with E-state index in [0.29, 0.717) is 12.4 Å². The van der Waals surface area contributed by atoms with Crippen LogP contribution in [0.3, 0.4) is 0 Å². The minimum atomic E-state index is -0.196. The summed E-state index contributed by atoms with van der Waals surface area (Å²) in [5.41, 5.74) is 11.5. The van der Waals surface area contributed by atoms with Crippen LogP contribution in [0.4, 0.5) is 5.82 Å². The zero-order valence-corrected chi connectivity index (χ0v) is 16.5. The molecule has 148 valence electrons. The molecular formula is C23H20N6O. The summed E-state index contributed by atoms with van der Waals surface area (Å²) < 4.78 is 2.07. The first-order valence-corrected chi connectivity index (χ1v) is 9.57. The van der Waals surface area contributed by atoms with E-state index < -0.39 is 0 Å². The number of benzene rings is 1. The summed E-state index contributed by atoms with van der Waals surface area (Å²) in [6.07, 6.45) is 4.61. The van der Waals surface area contributed by atoms with Crippen molar-refractivity contribution in [1.82, 2.24) is 24.4 Å². The Morgan fingerprint density at radius 3 is 2.90 bits per heavy atom. The molecule has 1 amide bonds. The molecule has 1 atom stereocenters. The lowest BCUT2D eigenvalue weighted by Gasteiger charge is -2.24. The van der Waals surface area contributed by atoms with Crippen molar-refractivity contribution in [1.29, 1.82) is 0 Å². The Labute approximate surface area is 173 Å². The second-order valence-electron chi connectivity index (χ2n) is 7.40. The predicted octanol–water partition coefficient (Wildman–Crippen LogP) is 3.27. The van der Waals surface area contributed by atoms with Crippen molar-refractivity contribution in [2.24, 2.45) is 0 Å². The number of rotatable bonds is 3. The standard InChI is InChI=1S/C23H20N6O/c1-4-18(30)28(3)17-11-29-21(13(17)2)19(20-22(24)26-12-27-23(20)29)15-9-14-7-5-6-8-16(14)25-10-15/h4-10,12,17H,1-2,11H2,3H3,(H2,24,26,27)/t17-/m1/s1. The normalized spacial score (nSPS) is 15.5. The summed E-state index contributed by atoms with van der Waals surface area (Å²) >= 11 is 0. The van der Waals surface area contributed by atoms with Gasteiger partial charge in [0.15, 0.2) is 0 Å². The molecule has 1 aliphatic rings. The van der Waals surface area contributed by atoms with E-state index in [1.165, 1.54) is 12.4 Å². The van der Waals surface area contributed by atoms with Crippen LogP contribution in [0.5, 0.6) is 0 Å². The zero-order valence-electron chi connectivity index (χ0n) is 16.5. The molecule has 1 aromatic carbocycles. The Kier molecular flexibility index (Phi) is 3.92. The first-order chi connectivity index (χ1) is 14.5. The van der Waals surface area contributed by atoms with Gasteiger partial charge in [-0.05, 0) is 23.8 Å². The third kappa shape index (κ3) is 2.45. The minimum absolute atomic E-state index is 0.153. The van der Waals surface area contributed by atoms with Gasteiger partial charge in [0.25, 0.3) is 0 Å². The summed E-state index contributed by atoms with van der Waals surface area (Å²) in [5, 5.41) is 1.81. The van der Waals surface area contributed by atoms with Crippen LogP contribution in [-0.2, 0) is 11.3 Å². The Morgan fingerprint density at radius 2 is 2.10 bits per heavy atom. The Hall–Kier alpha value is -4.00. The summed E-state index contributed by atoms with van der Waals surface area (Å²) in [6, 6.07) is 9.84. The number of aromatic nitrogens is 4. The fourth-order valence-electron chi connectivity index (χ4n) is 4.29. The lowest BCUT2D eigenvalue weighted by molar-refractivity contribution is -0.125. The van der Waals surface area contributed by atoms with Crippen molar-refractivity contribution in [2.45, 2.75) is 12.6 Å². The number of hydrogen-bond acceptors (Lipinski definition) is 5. The largest absolute Gasteiger partial charge is 0.383 e. The summed E-state index contributed by atoms with van der Waals surface area (Å²) in [6.45, 7) is 8.47. The van der Waals surface area contributed by atoms with E-state index in [9.17, 15) is 4.79 Å². The quantitative estimate of drug-likeness (QED) is 0.537. The van der Waals surface area contributed by atoms with Crippen molar-refractivity contribution in [2.75, 3.05) is 12.8 Å². The Morgan fingerprint density at radius 1 is 1.30 bits per heavy atom. The SMILES string of the molecule is C=CC(=O)N(C)[C@@H]1Cn2c(c(-c3cnc4ccccc4c3)c3c(N)ncnc32)C1=C. The van der Waals surface area contributed by atoms with Crippen LogP contribution in [0.25, 0.3) is 38.6 Å². The number of pyridine rings is 1. The van der Waals surface area contributed by atoms with Gasteiger partial charge >= 0.3 is 0 Å². The maximum Gasteiger partial charge on any atom is 0.246 e. The second-order valence-corrected chi connectivity index (χ2v) is 7.40. The molecule has 0 spiro atoms. The number of fused-ring (bicyclic) bond motifs is 4. The number of carbonyl (C=O) groups excluding carboxylic acids is 1. The van der Waals surface area contributed by atoms with E-state index in [1.54, 1.807) is 11.9 Å². The summed E-state index contributed by atoms with van der Waals surface area (Å²) in [4.78, 5) is 27.2. The maximum absolute atomic E-state index is 12.2. The van der Waals surface area contributed by atoms with Gasteiger partial charge in [-0.25, -0.2) is 9.97 Å². The molecule has 0 aliphatic carbocycles. The van der Waals surface area contributed by atoms with Crippen LogP contribution in [0.15, 0.2) is 62.1 Å². The lowest BCUT2D eigenvalue weighted by atomic mass is 9.97. The van der Waals surface area contributed by atoms with Crippen molar-refractivity contribution < 1.29 is 4.79 Å². The highest BCUT2D eigenvalue weighted by Gasteiger charge is 2.36. The number of carbonyl (C=O) groups is 1. The highest BCUT2D eigenvalue weighted by Crippen LogP contribution is 2.44. The van der Waals surface area contributed by atoms with Gasteiger partial charge in [-0.1, -0.05) is 31.4 Å². The number of anilines is 1. The molecular weight excluding hydrogens is 376 g/mol. The van der Waals surface area contributed by atoms with Crippen molar-refractivity contribution >= 4 is 39.2 Å². The smallest absolute Gasteiger partial charge is 0.246 e. The third-order valence-electron chi connectivity index (χ3n) is 5.80. The average Bonchev–Trinajstić information content (AvgIpc) is 3.28. The van der Waals surface area contributed by atoms with E-state index in [4.69, 9.17) is 5.73 Å². The molecule has 0 radical (unpaired) electrons.